The van der Waals surface area contributed by atoms with Crippen LogP contribution >= 0.6 is 0 Å². The number of likely N-dealkylation sites (tertiary alicyclic amines) is 1. The molecule has 1 rings (SSSR count). The molecule has 1 heterocycles. The maximum Gasteiger partial charge on any atom is 0.257 e. The van der Waals surface area contributed by atoms with E-state index in [2.05, 4.69) is 6.58 Å². The van der Waals surface area contributed by atoms with Crippen LogP contribution in [0.25, 0.3) is 0 Å². The summed E-state index contributed by atoms with van der Waals surface area (Å²) in [6, 6.07) is 0. The van der Waals surface area contributed by atoms with Crippen LogP contribution in [-0.2, 0) is 0 Å². The van der Waals surface area contributed by atoms with Crippen LogP contribution in [0.5, 0.6) is 0 Å². The fourth-order valence-corrected chi connectivity index (χ4v) is 2.97. The van der Waals surface area contributed by atoms with Crippen molar-refractivity contribution >= 4 is 0 Å². The largest absolute Gasteiger partial charge is 0.300 e. The summed E-state index contributed by atoms with van der Waals surface area (Å²) in [7, 11) is 0. The van der Waals surface area contributed by atoms with E-state index in [0.29, 0.717) is 44.5 Å². The van der Waals surface area contributed by atoms with Crippen LogP contribution in [0.3, 0.4) is 0 Å². The van der Waals surface area contributed by atoms with Crippen molar-refractivity contribution in [1.82, 2.24) is 4.90 Å². The fraction of sp³-hybridized carbons (Fsp3) is 0.867. The van der Waals surface area contributed by atoms with Crippen LogP contribution in [-0.4, -0.2) is 36.6 Å². The first-order valence-electron chi connectivity index (χ1n) is 7.19. The molecule has 0 N–H and O–H groups in total. The van der Waals surface area contributed by atoms with Gasteiger partial charge in [-0.15, -0.1) is 0 Å². The van der Waals surface area contributed by atoms with E-state index in [1.165, 1.54) is 6.92 Å². The van der Waals surface area contributed by atoms with Crippen molar-refractivity contribution in [3.05, 3.63) is 12.2 Å². The van der Waals surface area contributed by atoms with Crippen LogP contribution in [0.15, 0.2) is 12.2 Å². The Balaban J connectivity index is 2.74. The summed E-state index contributed by atoms with van der Waals surface area (Å²) in [4.78, 5) is 1.96. The molecule has 0 saturated carbocycles. The molecule has 1 unspecified atom stereocenters. The molecule has 1 aliphatic rings. The van der Waals surface area contributed by atoms with Crippen molar-refractivity contribution < 1.29 is 13.2 Å². The second-order valence-electron chi connectivity index (χ2n) is 5.73. The van der Waals surface area contributed by atoms with Gasteiger partial charge in [-0.1, -0.05) is 26.0 Å². The maximum absolute atomic E-state index is 14.2. The Bertz CT molecular complexity index is 307. The number of halogens is 3. The molecule has 1 nitrogen and oxygen atoms in total. The predicted molar refractivity (Wildman–Crippen MR) is 73.3 cm³/mol. The average Bonchev–Trinajstić information content (AvgIpc) is 2.38. The van der Waals surface area contributed by atoms with Gasteiger partial charge in [0, 0.05) is 13.0 Å². The third kappa shape index (κ3) is 3.33. The molecular weight excluding hydrogens is 251 g/mol. The average molecular weight is 277 g/mol. The molecule has 0 bridgehead atoms. The van der Waals surface area contributed by atoms with Gasteiger partial charge in [-0.2, -0.15) is 0 Å². The zero-order chi connectivity index (χ0) is 14.7. The first-order chi connectivity index (χ1) is 8.79. The van der Waals surface area contributed by atoms with Gasteiger partial charge in [0.25, 0.3) is 5.92 Å². The Morgan fingerprint density at radius 1 is 1.32 bits per heavy atom. The third-order valence-electron chi connectivity index (χ3n) is 4.57. The number of rotatable bonds is 6. The first-order valence-corrected chi connectivity index (χ1v) is 7.19. The van der Waals surface area contributed by atoms with Crippen LogP contribution in [0.1, 0.15) is 46.5 Å². The smallest absolute Gasteiger partial charge is 0.257 e. The normalized spacial score (nSPS) is 22.2. The van der Waals surface area contributed by atoms with Crippen molar-refractivity contribution in [1.29, 1.82) is 0 Å². The second kappa shape index (κ2) is 6.29. The standard InChI is InChI=1S/C15H26F3N/c1-5-13(16)11-19-9-7-14(8-10-19,12(3)4)15(17,18)6-2/h13H,3,5-11H2,1-2,4H3. The zero-order valence-corrected chi connectivity index (χ0v) is 12.3. The third-order valence-corrected chi connectivity index (χ3v) is 4.57. The maximum atomic E-state index is 14.2. The molecule has 1 fully saturated rings. The molecule has 112 valence electrons. The highest BCUT2D eigenvalue weighted by atomic mass is 19.3. The summed E-state index contributed by atoms with van der Waals surface area (Å²) in [6.07, 6.45) is 0.205. The van der Waals surface area contributed by atoms with Crippen LogP contribution in [0, 0.1) is 5.41 Å². The molecule has 0 aliphatic carbocycles. The minimum Gasteiger partial charge on any atom is -0.300 e. The monoisotopic (exact) mass is 277 g/mol. The number of piperidine rings is 1. The number of nitrogens with zero attached hydrogens (tertiary/aromatic N) is 1. The number of hydrogen-bond donors (Lipinski definition) is 0. The molecule has 4 heteroatoms. The van der Waals surface area contributed by atoms with E-state index in [9.17, 15) is 13.2 Å². The van der Waals surface area contributed by atoms with Crippen molar-refractivity contribution in [2.24, 2.45) is 5.41 Å². The van der Waals surface area contributed by atoms with Crippen LogP contribution in [0.4, 0.5) is 13.2 Å². The molecule has 1 aliphatic heterocycles. The lowest BCUT2D eigenvalue weighted by atomic mass is 9.68. The Kier molecular flexibility index (Phi) is 5.48. The zero-order valence-electron chi connectivity index (χ0n) is 12.3. The van der Waals surface area contributed by atoms with Crippen molar-refractivity contribution in [2.75, 3.05) is 19.6 Å². The summed E-state index contributed by atoms with van der Waals surface area (Å²) in [6.45, 7) is 10.2. The van der Waals surface area contributed by atoms with Gasteiger partial charge in [0.15, 0.2) is 0 Å². The van der Waals surface area contributed by atoms with Crippen molar-refractivity contribution in [3.8, 4) is 0 Å². The Morgan fingerprint density at radius 2 is 1.84 bits per heavy atom. The van der Waals surface area contributed by atoms with E-state index in [-0.39, 0.29) is 6.42 Å². The van der Waals surface area contributed by atoms with E-state index in [4.69, 9.17) is 0 Å². The summed E-state index contributed by atoms with van der Waals surface area (Å²) in [5.74, 6) is -2.72. The molecule has 19 heavy (non-hydrogen) atoms. The van der Waals surface area contributed by atoms with E-state index in [1.807, 2.05) is 4.90 Å². The molecule has 0 radical (unpaired) electrons. The van der Waals surface area contributed by atoms with Gasteiger partial charge in [0.1, 0.15) is 6.17 Å². The molecule has 1 atom stereocenters. The first kappa shape index (κ1) is 16.5. The quantitative estimate of drug-likeness (QED) is 0.649. The van der Waals surface area contributed by atoms with Gasteiger partial charge in [-0.05, 0) is 39.3 Å². The number of alkyl halides is 3. The Labute approximate surface area is 114 Å². The van der Waals surface area contributed by atoms with E-state index >= 15 is 0 Å². The summed E-state index contributed by atoms with van der Waals surface area (Å²) in [5.41, 5.74) is -0.540. The SMILES string of the molecule is C=C(C)C1(C(F)(F)CC)CCN(CC(F)CC)CC1. The van der Waals surface area contributed by atoms with Crippen molar-refractivity contribution in [2.45, 2.75) is 58.5 Å². The van der Waals surface area contributed by atoms with Crippen LogP contribution < -0.4 is 0 Å². The molecule has 0 aromatic rings. The lowest BCUT2D eigenvalue weighted by Gasteiger charge is -2.47. The van der Waals surface area contributed by atoms with Gasteiger partial charge in [-0.25, -0.2) is 13.2 Å². The van der Waals surface area contributed by atoms with Crippen molar-refractivity contribution in [3.63, 3.8) is 0 Å². The minimum atomic E-state index is -2.72. The lowest BCUT2D eigenvalue weighted by Crippen LogP contribution is -2.51. The van der Waals surface area contributed by atoms with Gasteiger partial charge < -0.3 is 4.90 Å². The van der Waals surface area contributed by atoms with Gasteiger partial charge in [0.2, 0.25) is 0 Å². The molecule has 1 saturated heterocycles. The fourth-order valence-electron chi connectivity index (χ4n) is 2.97. The minimum absolute atomic E-state index is 0.166. The van der Waals surface area contributed by atoms with Gasteiger partial charge in [0.05, 0.1) is 5.41 Å². The highest BCUT2D eigenvalue weighted by Crippen LogP contribution is 2.51. The summed E-state index contributed by atoms with van der Waals surface area (Å²) in [5, 5.41) is 0. The Hall–Kier alpha value is -0.510. The second-order valence-corrected chi connectivity index (χ2v) is 5.73. The molecule has 0 aromatic carbocycles. The molecular formula is C15H26F3N. The summed E-state index contributed by atoms with van der Waals surface area (Å²) >= 11 is 0. The topological polar surface area (TPSA) is 3.24 Å². The van der Waals surface area contributed by atoms with Crippen LogP contribution in [0.2, 0.25) is 0 Å². The number of allylic oxidation sites excluding steroid dienone is 1. The van der Waals surface area contributed by atoms with E-state index < -0.39 is 17.5 Å². The van der Waals surface area contributed by atoms with E-state index in [0.717, 1.165) is 0 Å². The number of hydrogen-bond acceptors (Lipinski definition) is 1. The molecule has 0 amide bonds. The summed E-state index contributed by atoms with van der Waals surface area (Å²) < 4.78 is 41.9. The van der Waals surface area contributed by atoms with Gasteiger partial charge in [-0.3, -0.25) is 0 Å². The van der Waals surface area contributed by atoms with E-state index in [1.54, 1.807) is 13.8 Å². The Morgan fingerprint density at radius 3 is 2.21 bits per heavy atom. The molecule has 0 aromatic heterocycles. The van der Waals surface area contributed by atoms with Gasteiger partial charge >= 0.3 is 0 Å². The highest BCUT2D eigenvalue weighted by molar-refractivity contribution is 5.15. The molecule has 0 spiro atoms. The highest BCUT2D eigenvalue weighted by Gasteiger charge is 2.53. The predicted octanol–water partition coefficient (Wildman–Crippen LogP) is 4.44. The lowest BCUT2D eigenvalue weighted by molar-refractivity contribution is -0.129.